The molecule has 2 N–H and O–H groups in total. The van der Waals surface area contributed by atoms with Crippen molar-refractivity contribution in [1.82, 2.24) is 10.0 Å². The van der Waals surface area contributed by atoms with Crippen molar-refractivity contribution in [2.45, 2.75) is 17.0 Å². The van der Waals surface area contributed by atoms with E-state index in [9.17, 15) is 18.5 Å². The molecule has 1 aromatic rings. The lowest BCUT2D eigenvalue weighted by atomic mass is 10.2. The Bertz CT molecular complexity index is 604. The van der Waals surface area contributed by atoms with Gasteiger partial charge in [0.25, 0.3) is 5.69 Å². The molecule has 20 heavy (non-hydrogen) atoms. The number of para-hydroxylation sites is 1. The van der Waals surface area contributed by atoms with Crippen molar-refractivity contribution < 1.29 is 18.1 Å². The molecule has 0 radical (unpaired) electrons. The van der Waals surface area contributed by atoms with Gasteiger partial charge in [0.15, 0.2) is 4.90 Å². The summed E-state index contributed by atoms with van der Waals surface area (Å²) in [6.07, 6.45) is -0.299. The van der Waals surface area contributed by atoms with Gasteiger partial charge in [0, 0.05) is 26.3 Å². The van der Waals surface area contributed by atoms with E-state index in [4.69, 9.17) is 4.74 Å². The molecule has 0 amide bonds. The fourth-order valence-electron chi connectivity index (χ4n) is 2.12. The molecule has 0 spiro atoms. The third-order valence-corrected chi connectivity index (χ3v) is 4.66. The number of ether oxygens (including phenoxy) is 1. The molecule has 8 nitrogen and oxygen atoms in total. The maximum absolute atomic E-state index is 12.3. The van der Waals surface area contributed by atoms with Crippen LogP contribution in [0, 0.1) is 10.1 Å². The minimum Gasteiger partial charge on any atom is -0.378 e. The van der Waals surface area contributed by atoms with E-state index >= 15 is 0 Å². The normalized spacial score (nSPS) is 22.9. The fraction of sp³-hybridized carbons (Fsp3) is 0.455. The standard InChI is InChI=1S/C11H15N3O5S/c1-19-10-7-12-6-8(10)13-20(17,18)11-5-3-2-4-9(11)14(15)16/h2-5,8,10,12-13H,6-7H2,1H3/t8-,10-/m1/s1. The number of hydrogen-bond acceptors (Lipinski definition) is 6. The molecule has 1 saturated heterocycles. The zero-order valence-electron chi connectivity index (χ0n) is 10.8. The van der Waals surface area contributed by atoms with Crippen molar-refractivity contribution in [3.05, 3.63) is 34.4 Å². The van der Waals surface area contributed by atoms with Crippen LogP contribution in [0.5, 0.6) is 0 Å². The number of nitro benzene ring substituents is 1. The van der Waals surface area contributed by atoms with E-state index in [1.54, 1.807) is 0 Å². The Morgan fingerprint density at radius 2 is 2.10 bits per heavy atom. The van der Waals surface area contributed by atoms with Crippen molar-refractivity contribution in [2.24, 2.45) is 0 Å². The molecule has 0 saturated carbocycles. The highest BCUT2D eigenvalue weighted by atomic mass is 32.2. The van der Waals surface area contributed by atoms with Crippen molar-refractivity contribution in [1.29, 1.82) is 0 Å². The summed E-state index contributed by atoms with van der Waals surface area (Å²) < 4.78 is 32.2. The molecule has 110 valence electrons. The van der Waals surface area contributed by atoms with E-state index in [0.29, 0.717) is 13.1 Å². The lowest BCUT2D eigenvalue weighted by Gasteiger charge is -2.18. The molecule has 1 aromatic carbocycles. The van der Waals surface area contributed by atoms with Crippen LogP contribution in [-0.4, -0.2) is 45.7 Å². The average molecular weight is 301 g/mol. The van der Waals surface area contributed by atoms with Gasteiger partial charge >= 0.3 is 0 Å². The van der Waals surface area contributed by atoms with Crippen LogP contribution in [0.2, 0.25) is 0 Å². The van der Waals surface area contributed by atoms with Crippen LogP contribution in [0.1, 0.15) is 0 Å². The van der Waals surface area contributed by atoms with Gasteiger partial charge in [-0.05, 0) is 6.07 Å². The van der Waals surface area contributed by atoms with Gasteiger partial charge < -0.3 is 10.1 Å². The number of sulfonamides is 1. The van der Waals surface area contributed by atoms with Crippen LogP contribution in [0.15, 0.2) is 29.2 Å². The maximum Gasteiger partial charge on any atom is 0.289 e. The summed E-state index contributed by atoms with van der Waals surface area (Å²) in [5, 5.41) is 13.9. The van der Waals surface area contributed by atoms with Gasteiger partial charge in [-0.2, -0.15) is 0 Å². The monoisotopic (exact) mass is 301 g/mol. The Kier molecular flexibility index (Phi) is 4.33. The highest BCUT2D eigenvalue weighted by Gasteiger charge is 2.33. The van der Waals surface area contributed by atoms with Crippen LogP contribution in [-0.2, 0) is 14.8 Å². The SMILES string of the molecule is CO[C@@H]1CNC[C@H]1NS(=O)(=O)c1ccccc1[N+](=O)[O-]. The molecule has 1 fully saturated rings. The van der Waals surface area contributed by atoms with Gasteiger partial charge in [-0.15, -0.1) is 0 Å². The number of nitrogens with zero attached hydrogens (tertiary/aromatic N) is 1. The van der Waals surface area contributed by atoms with Crippen molar-refractivity contribution in [3.63, 3.8) is 0 Å². The second-order valence-corrected chi connectivity index (χ2v) is 6.07. The molecular weight excluding hydrogens is 286 g/mol. The topological polar surface area (TPSA) is 111 Å². The molecular formula is C11H15N3O5S. The van der Waals surface area contributed by atoms with Gasteiger partial charge in [0.1, 0.15) is 0 Å². The van der Waals surface area contributed by atoms with Crippen molar-refractivity contribution >= 4 is 15.7 Å². The molecule has 1 aliphatic rings. The van der Waals surface area contributed by atoms with E-state index in [1.165, 1.54) is 25.3 Å². The summed E-state index contributed by atoms with van der Waals surface area (Å²) in [4.78, 5) is 9.85. The first-order valence-electron chi connectivity index (χ1n) is 5.95. The third kappa shape index (κ3) is 2.96. The Morgan fingerprint density at radius 3 is 2.75 bits per heavy atom. The Morgan fingerprint density at radius 1 is 1.40 bits per heavy atom. The first-order chi connectivity index (χ1) is 9.45. The number of nitrogens with one attached hydrogen (secondary N) is 2. The molecule has 0 aromatic heterocycles. The van der Waals surface area contributed by atoms with Gasteiger partial charge in [-0.1, -0.05) is 12.1 Å². The van der Waals surface area contributed by atoms with E-state index < -0.39 is 26.7 Å². The Balaban J connectivity index is 2.29. The summed E-state index contributed by atoms with van der Waals surface area (Å²) >= 11 is 0. The third-order valence-electron chi connectivity index (χ3n) is 3.12. The molecule has 0 aliphatic carbocycles. The van der Waals surface area contributed by atoms with Gasteiger partial charge in [-0.3, -0.25) is 10.1 Å². The Hall–Kier alpha value is -1.55. The maximum atomic E-state index is 12.3. The van der Waals surface area contributed by atoms with Crippen LogP contribution < -0.4 is 10.0 Å². The number of rotatable bonds is 5. The predicted octanol–water partition coefficient (Wildman–Crippen LogP) is -0.140. The second kappa shape index (κ2) is 5.83. The highest BCUT2D eigenvalue weighted by molar-refractivity contribution is 7.89. The first-order valence-corrected chi connectivity index (χ1v) is 7.43. The quantitative estimate of drug-likeness (QED) is 0.578. The lowest BCUT2D eigenvalue weighted by molar-refractivity contribution is -0.387. The number of benzene rings is 1. The number of methoxy groups -OCH3 is 1. The minimum absolute atomic E-state index is 0.299. The lowest BCUT2D eigenvalue weighted by Crippen LogP contribution is -2.43. The average Bonchev–Trinajstić information content (AvgIpc) is 2.85. The molecule has 0 unspecified atom stereocenters. The molecule has 0 bridgehead atoms. The predicted molar refractivity (Wildman–Crippen MR) is 70.9 cm³/mol. The molecule has 1 aliphatic heterocycles. The smallest absolute Gasteiger partial charge is 0.289 e. The molecule has 9 heteroatoms. The highest BCUT2D eigenvalue weighted by Crippen LogP contribution is 2.23. The summed E-state index contributed by atoms with van der Waals surface area (Å²) in [5.74, 6) is 0. The molecule has 2 rings (SSSR count). The van der Waals surface area contributed by atoms with E-state index in [2.05, 4.69) is 10.0 Å². The minimum atomic E-state index is -3.97. The van der Waals surface area contributed by atoms with Crippen LogP contribution in [0.4, 0.5) is 5.69 Å². The number of nitro groups is 1. The second-order valence-electron chi connectivity index (χ2n) is 4.39. The zero-order chi connectivity index (χ0) is 14.8. The van der Waals surface area contributed by atoms with Crippen LogP contribution in [0.25, 0.3) is 0 Å². The van der Waals surface area contributed by atoms with E-state index in [0.717, 1.165) is 6.07 Å². The molecule has 2 atom stereocenters. The zero-order valence-corrected chi connectivity index (χ0v) is 11.6. The number of hydrogen-bond donors (Lipinski definition) is 2. The van der Waals surface area contributed by atoms with E-state index in [-0.39, 0.29) is 11.0 Å². The van der Waals surface area contributed by atoms with Gasteiger partial charge in [0.2, 0.25) is 10.0 Å². The molecule has 1 heterocycles. The summed E-state index contributed by atoms with van der Waals surface area (Å²) in [5.41, 5.74) is -0.445. The fourth-order valence-corrected chi connectivity index (χ4v) is 3.55. The van der Waals surface area contributed by atoms with Gasteiger partial charge in [0.05, 0.1) is 17.1 Å². The van der Waals surface area contributed by atoms with Crippen LogP contribution >= 0.6 is 0 Å². The van der Waals surface area contributed by atoms with Crippen molar-refractivity contribution in [3.8, 4) is 0 Å². The largest absolute Gasteiger partial charge is 0.378 e. The summed E-state index contributed by atoms with van der Waals surface area (Å²) in [7, 11) is -2.48. The van der Waals surface area contributed by atoms with Crippen molar-refractivity contribution in [2.75, 3.05) is 20.2 Å². The van der Waals surface area contributed by atoms with Crippen LogP contribution in [0.3, 0.4) is 0 Å². The first kappa shape index (κ1) is 14.9. The van der Waals surface area contributed by atoms with Gasteiger partial charge in [-0.25, -0.2) is 13.1 Å². The Labute approximate surface area is 116 Å². The van der Waals surface area contributed by atoms with E-state index in [1.807, 2.05) is 0 Å². The summed E-state index contributed by atoms with van der Waals surface area (Å²) in [6, 6.07) is 4.79. The summed E-state index contributed by atoms with van der Waals surface area (Å²) in [6.45, 7) is 0.943.